The van der Waals surface area contributed by atoms with Crippen LogP contribution < -0.4 is 5.32 Å². The largest absolute Gasteiger partial charge is 0.465 e. The van der Waals surface area contributed by atoms with Gasteiger partial charge >= 0.3 is 0 Å². The van der Waals surface area contributed by atoms with Crippen LogP contribution in [0.4, 0.5) is 11.4 Å². The van der Waals surface area contributed by atoms with Gasteiger partial charge in [-0.05, 0) is 38.1 Å². The van der Waals surface area contributed by atoms with E-state index in [2.05, 4.69) is 5.32 Å². The Balaban J connectivity index is 2.06. The lowest BCUT2D eigenvalue weighted by atomic mass is 10.2. The predicted octanol–water partition coefficient (Wildman–Crippen LogP) is 3.42. The first kappa shape index (κ1) is 12.2. The van der Waals surface area contributed by atoms with Crippen LogP contribution in [0.3, 0.4) is 0 Å². The van der Waals surface area contributed by atoms with Crippen LogP contribution in [0, 0.1) is 24.0 Å². The predicted molar refractivity (Wildman–Crippen MR) is 68.6 cm³/mol. The smallest absolute Gasteiger partial charge is 0.272 e. The molecular weight excluding hydrogens is 232 g/mol. The Morgan fingerprint density at radius 3 is 2.61 bits per heavy atom. The molecule has 5 heteroatoms. The summed E-state index contributed by atoms with van der Waals surface area (Å²) in [6, 6.07) is 8.76. The lowest BCUT2D eigenvalue weighted by Crippen LogP contribution is -1.99. The highest BCUT2D eigenvalue weighted by atomic mass is 16.6. The second-order valence-electron chi connectivity index (χ2n) is 4.12. The minimum Gasteiger partial charge on any atom is -0.465 e. The molecule has 0 amide bonds. The molecule has 0 aliphatic rings. The van der Waals surface area contributed by atoms with Crippen molar-refractivity contribution in [2.75, 3.05) is 5.32 Å². The molecule has 0 bridgehead atoms. The lowest BCUT2D eigenvalue weighted by Gasteiger charge is -2.05. The fourth-order valence-corrected chi connectivity index (χ4v) is 1.74. The van der Waals surface area contributed by atoms with Crippen molar-refractivity contribution in [2.24, 2.45) is 0 Å². The first-order valence-corrected chi connectivity index (χ1v) is 5.60. The van der Waals surface area contributed by atoms with Crippen LogP contribution in [0.25, 0.3) is 0 Å². The third kappa shape index (κ3) is 2.68. The molecular formula is C13H14N2O3. The van der Waals surface area contributed by atoms with Crippen molar-refractivity contribution in [1.82, 2.24) is 0 Å². The van der Waals surface area contributed by atoms with Gasteiger partial charge < -0.3 is 9.73 Å². The van der Waals surface area contributed by atoms with Crippen LogP contribution in [0.1, 0.15) is 17.1 Å². The topological polar surface area (TPSA) is 68.3 Å². The Hall–Kier alpha value is -2.30. The summed E-state index contributed by atoms with van der Waals surface area (Å²) in [5, 5.41) is 13.9. The molecule has 2 aromatic rings. The first-order valence-electron chi connectivity index (χ1n) is 5.60. The minimum absolute atomic E-state index is 0.134. The summed E-state index contributed by atoms with van der Waals surface area (Å²) >= 11 is 0. The zero-order chi connectivity index (χ0) is 13.1. The van der Waals surface area contributed by atoms with Gasteiger partial charge in [0.1, 0.15) is 11.5 Å². The normalized spacial score (nSPS) is 10.3. The fourth-order valence-electron chi connectivity index (χ4n) is 1.74. The zero-order valence-electron chi connectivity index (χ0n) is 10.3. The SMILES string of the molecule is Cc1ccc(CNc2ccc([N+](=O)[O-])c(C)c2)o1. The molecule has 1 aromatic heterocycles. The number of nitro groups is 1. The van der Waals surface area contributed by atoms with Crippen molar-refractivity contribution in [2.45, 2.75) is 20.4 Å². The third-order valence-electron chi connectivity index (χ3n) is 2.66. The lowest BCUT2D eigenvalue weighted by molar-refractivity contribution is -0.385. The minimum atomic E-state index is -0.380. The Morgan fingerprint density at radius 2 is 2.06 bits per heavy atom. The molecule has 0 aliphatic heterocycles. The highest BCUT2D eigenvalue weighted by molar-refractivity contribution is 5.53. The number of hydrogen-bond donors (Lipinski definition) is 1. The molecule has 1 N–H and O–H groups in total. The molecule has 0 radical (unpaired) electrons. The molecule has 0 spiro atoms. The summed E-state index contributed by atoms with van der Waals surface area (Å²) in [6.07, 6.45) is 0. The Labute approximate surface area is 105 Å². The summed E-state index contributed by atoms with van der Waals surface area (Å²) < 4.78 is 5.43. The summed E-state index contributed by atoms with van der Waals surface area (Å²) in [6.45, 7) is 4.17. The van der Waals surface area contributed by atoms with Crippen molar-refractivity contribution in [3.63, 3.8) is 0 Å². The van der Waals surface area contributed by atoms with Gasteiger partial charge in [-0.3, -0.25) is 10.1 Å². The van der Waals surface area contributed by atoms with Crippen LogP contribution in [-0.4, -0.2) is 4.92 Å². The third-order valence-corrected chi connectivity index (χ3v) is 2.66. The van der Waals surface area contributed by atoms with E-state index in [1.165, 1.54) is 6.07 Å². The van der Waals surface area contributed by atoms with Gasteiger partial charge in [-0.15, -0.1) is 0 Å². The first-order chi connectivity index (χ1) is 8.56. The maximum Gasteiger partial charge on any atom is 0.272 e. The summed E-state index contributed by atoms with van der Waals surface area (Å²) in [7, 11) is 0. The molecule has 2 rings (SSSR count). The van der Waals surface area contributed by atoms with E-state index >= 15 is 0 Å². The van der Waals surface area contributed by atoms with Crippen LogP contribution in [0.5, 0.6) is 0 Å². The van der Waals surface area contributed by atoms with Gasteiger partial charge in [0.05, 0.1) is 11.5 Å². The van der Waals surface area contributed by atoms with E-state index in [4.69, 9.17) is 4.42 Å². The van der Waals surface area contributed by atoms with Crippen molar-refractivity contribution in [3.05, 3.63) is 57.5 Å². The number of benzene rings is 1. The highest BCUT2D eigenvalue weighted by Gasteiger charge is 2.10. The van der Waals surface area contributed by atoms with Crippen LogP contribution in [0.2, 0.25) is 0 Å². The molecule has 0 aliphatic carbocycles. The van der Waals surface area contributed by atoms with E-state index in [1.54, 1.807) is 19.1 Å². The van der Waals surface area contributed by atoms with Crippen molar-refractivity contribution < 1.29 is 9.34 Å². The van der Waals surface area contributed by atoms with Crippen LogP contribution >= 0.6 is 0 Å². The number of nitro benzene ring substituents is 1. The standard InChI is InChI=1S/C13H14N2O3/c1-9-7-11(4-6-13(9)15(16)17)14-8-12-5-3-10(2)18-12/h3-7,14H,8H2,1-2H3. The van der Waals surface area contributed by atoms with E-state index in [0.717, 1.165) is 17.2 Å². The molecule has 1 heterocycles. The average molecular weight is 246 g/mol. The quantitative estimate of drug-likeness (QED) is 0.663. The maximum atomic E-state index is 10.7. The summed E-state index contributed by atoms with van der Waals surface area (Å²) in [4.78, 5) is 10.3. The monoisotopic (exact) mass is 246 g/mol. The Bertz CT molecular complexity index is 575. The van der Waals surface area contributed by atoms with E-state index in [9.17, 15) is 10.1 Å². The summed E-state index contributed by atoms with van der Waals surface area (Å²) in [5.41, 5.74) is 1.61. The summed E-state index contributed by atoms with van der Waals surface area (Å²) in [5.74, 6) is 1.70. The fraction of sp³-hybridized carbons (Fsp3) is 0.231. The van der Waals surface area contributed by atoms with E-state index in [0.29, 0.717) is 12.1 Å². The molecule has 5 nitrogen and oxygen atoms in total. The second-order valence-corrected chi connectivity index (χ2v) is 4.12. The van der Waals surface area contributed by atoms with Gasteiger partial charge in [0.25, 0.3) is 5.69 Å². The number of nitrogens with one attached hydrogen (secondary N) is 1. The van der Waals surface area contributed by atoms with Gasteiger partial charge in [-0.1, -0.05) is 0 Å². The number of anilines is 1. The Morgan fingerprint density at radius 1 is 1.28 bits per heavy atom. The van der Waals surface area contributed by atoms with Crippen LogP contribution in [0.15, 0.2) is 34.7 Å². The molecule has 0 saturated carbocycles. The molecule has 1 aromatic carbocycles. The Kier molecular flexibility index (Phi) is 3.32. The second kappa shape index (κ2) is 4.91. The molecule has 18 heavy (non-hydrogen) atoms. The molecule has 0 unspecified atom stereocenters. The van der Waals surface area contributed by atoms with Gasteiger partial charge in [-0.25, -0.2) is 0 Å². The highest BCUT2D eigenvalue weighted by Crippen LogP contribution is 2.22. The van der Waals surface area contributed by atoms with E-state index in [1.807, 2.05) is 19.1 Å². The van der Waals surface area contributed by atoms with Gasteiger partial charge in [-0.2, -0.15) is 0 Å². The van der Waals surface area contributed by atoms with Crippen molar-refractivity contribution in [3.8, 4) is 0 Å². The van der Waals surface area contributed by atoms with Gasteiger partial charge in [0.15, 0.2) is 0 Å². The van der Waals surface area contributed by atoms with E-state index < -0.39 is 0 Å². The number of furan rings is 1. The average Bonchev–Trinajstić information content (AvgIpc) is 2.72. The van der Waals surface area contributed by atoms with Crippen LogP contribution in [-0.2, 0) is 6.54 Å². The van der Waals surface area contributed by atoms with Crippen molar-refractivity contribution >= 4 is 11.4 Å². The molecule has 94 valence electrons. The van der Waals surface area contributed by atoms with E-state index in [-0.39, 0.29) is 10.6 Å². The van der Waals surface area contributed by atoms with Gasteiger partial charge in [0.2, 0.25) is 0 Å². The maximum absolute atomic E-state index is 10.7. The van der Waals surface area contributed by atoms with Crippen molar-refractivity contribution in [1.29, 1.82) is 0 Å². The molecule has 0 saturated heterocycles. The number of hydrogen-bond acceptors (Lipinski definition) is 4. The van der Waals surface area contributed by atoms with Gasteiger partial charge in [0, 0.05) is 17.3 Å². The molecule has 0 fully saturated rings. The number of rotatable bonds is 4. The zero-order valence-corrected chi connectivity index (χ0v) is 10.3. The number of aryl methyl sites for hydroxylation is 2. The molecule has 0 atom stereocenters. The number of nitrogens with zero attached hydrogens (tertiary/aromatic N) is 1.